The Morgan fingerprint density at radius 2 is 2.36 bits per heavy atom. The molecule has 1 rings (SSSR count). The zero-order chi connectivity index (χ0) is 10.4. The normalized spacial score (nSPS) is 26.4. The Hall–Kier alpha value is -0.220. The Labute approximate surface area is 90.4 Å². The molecule has 1 fully saturated rings. The first-order valence-corrected chi connectivity index (χ1v) is 6.20. The minimum Gasteiger partial charge on any atom is -0.359 e. The predicted molar refractivity (Wildman–Crippen MR) is 61.7 cm³/mol. The maximum absolute atomic E-state index is 10.9. The van der Waals surface area contributed by atoms with Crippen molar-refractivity contribution in [1.29, 1.82) is 0 Å². The second kappa shape index (κ2) is 5.61. The molecule has 82 valence electrons. The van der Waals surface area contributed by atoms with Crippen molar-refractivity contribution in [2.75, 3.05) is 25.9 Å². The molecule has 1 saturated heterocycles. The van der Waals surface area contributed by atoms with Gasteiger partial charge < -0.3 is 10.6 Å². The molecule has 1 amide bonds. The zero-order valence-corrected chi connectivity index (χ0v) is 9.88. The maximum atomic E-state index is 10.9. The zero-order valence-electron chi connectivity index (χ0n) is 9.06. The Morgan fingerprint density at radius 3 is 2.93 bits per heavy atom. The van der Waals surface area contributed by atoms with Gasteiger partial charge >= 0.3 is 0 Å². The molecule has 0 aliphatic carbocycles. The first kappa shape index (κ1) is 11.9. The average molecular weight is 216 g/mol. The molecular formula is C10H20N2OS. The van der Waals surface area contributed by atoms with E-state index in [-0.39, 0.29) is 5.91 Å². The summed E-state index contributed by atoms with van der Waals surface area (Å²) in [5.41, 5.74) is 0. The van der Waals surface area contributed by atoms with Crippen LogP contribution in [0.5, 0.6) is 0 Å². The first-order chi connectivity index (χ1) is 6.66. The highest BCUT2D eigenvalue weighted by molar-refractivity contribution is 8.00. The molecule has 0 aromatic heterocycles. The Kier molecular flexibility index (Phi) is 4.75. The minimum atomic E-state index is 0.113. The van der Waals surface area contributed by atoms with Crippen LogP contribution in [0.1, 0.15) is 26.2 Å². The second-order valence-electron chi connectivity index (χ2n) is 4.00. The number of carbonyl (C=O) groups excluding carboxylic acids is 1. The molecule has 0 saturated carbocycles. The van der Waals surface area contributed by atoms with Crippen molar-refractivity contribution in [3.63, 3.8) is 0 Å². The smallest absolute Gasteiger partial charge is 0.221 e. The van der Waals surface area contributed by atoms with Crippen LogP contribution in [-0.2, 0) is 4.79 Å². The molecule has 0 radical (unpaired) electrons. The van der Waals surface area contributed by atoms with Gasteiger partial charge in [-0.05, 0) is 25.5 Å². The van der Waals surface area contributed by atoms with Crippen LogP contribution in [0.4, 0.5) is 0 Å². The van der Waals surface area contributed by atoms with Gasteiger partial charge in [-0.1, -0.05) is 0 Å². The summed E-state index contributed by atoms with van der Waals surface area (Å²) in [6.45, 7) is 4.11. The lowest BCUT2D eigenvalue weighted by molar-refractivity contribution is -0.120. The van der Waals surface area contributed by atoms with E-state index in [1.165, 1.54) is 18.6 Å². The van der Waals surface area contributed by atoms with Crippen LogP contribution in [-0.4, -0.2) is 36.5 Å². The van der Waals surface area contributed by atoms with Crippen LogP contribution in [0.3, 0.4) is 0 Å². The molecular weight excluding hydrogens is 196 g/mol. The van der Waals surface area contributed by atoms with Gasteiger partial charge in [0.1, 0.15) is 0 Å². The van der Waals surface area contributed by atoms with Crippen LogP contribution >= 0.6 is 11.8 Å². The number of amides is 1. The minimum absolute atomic E-state index is 0.113. The van der Waals surface area contributed by atoms with Crippen LogP contribution in [0.25, 0.3) is 0 Å². The molecule has 1 unspecified atom stereocenters. The molecule has 0 spiro atoms. The van der Waals surface area contributed by atoms with Gasteiger partial charge in [0.05, 0.1) is 0 Å². The van der Waals surface area contributed by atoms with E-state index in [1.807, 2.05) is 11.8 Å². The molecule has 0 aromatic rings. The lowest BCUT2D eigenvalue weighted by Gasteiger charge is -2.22. The lowest BCUT2D eigenvalue weighted by Crippen LogP contribution is -2.35. The fourth-order valence-corrected chi connectivity index (χ4v) is 2.93. The van der Waals surface area contributed by atoms with Crippen molar-refractivity contribution in [1.82, 2.24) is 10.6 Å². The summed E-state index contributed by atoms with van der Waals surface area (Å²) in [4.78, 5) is 10.9. The van der Waals surface area contributed by atoms with Gasteiger partial charge in [-0.25, -0.2) is 0 Å². The van der Waals surface area contributed by atoms with E-state index in [1.54, 1.807) is 7.05 Å². The van der Waals surface area contributed by atoms with E-state index in [0.29, 0.717) is 11.2 Å². The molecule has 3 nitrogen and oxygen atoms in total. The van der Waals surface area contributed by atoms with E-state index < -0.39 is 0 Å². The average Bonchev–Trinajstić information content (AvgIpc) is 2.60. The van der Waals surface area contributed by atoms with E-state index in [4.69, 9.17) is 0 Å². The third-order valence-corrected chi connectivity index (χ3v) is 4.15. The molecule has 1 aliphatic heterocycles. The van der Waals surface area contributed by atoms with Crippen LogP contribution in [0.2, 0.25) is 0 Å². The molecule has 2 N–H and O–H groups in total. The van der Waals surface area contributed by atoms with E-state index >= 15 is 0 Å². The van der Waals surface area contributed by atoms with E-state index in [2.05, 4.69) is 17.6 Å². The first-order valence-electron chi connectivity index (χ1n) is 5.21. The quantitative estimate of drug-likeness (QED) is 0.674. The molecule has 1 aliphatic rings. The number of rotatable bonds is 5. The maximum Gasteiger partial charge on any atom is 0.221 e. The molecule has 0 bridgehead atoms. The SMILES string of the molecule is CNC(=O)CCNCC1(C)CCCS1. The fourth-order valence-electron chi connectivity index (χ4n) is 1.66. The molecule has 4 heteroatoms. The van der Waals surface area contributed by atoms with Crippen molar-refractivity contribution in [2.24, 2.45) is 0 Å². The molecule has 14 heavy (non-hydrogen) atoms. The van der Waals surface area contributed by atoms with Crippen molar-refractivity contribution in [3.05, 3.63) is 0 Å². The summed E-state index contributed by atoms with van der Waals surface area (Å²) in [6, 6.07) is 0. The van der Waals surface area contributed by atoms with Crippen molar-refractivity contribution >= 4 is 17.7 Å². The van der Waals surface area contributed by atoms with Crippen molar-refractivity contribution in [2.45, 2.75) is 30.9 Å². The Balaban J connectivity index is 2.06. The largest absolute Gasteiger partial charge is 0.359 e. The highest BCUT2D eigenvalue weighted by atomic mass is 32.2. The number of hydrogen-bond donors (Lipinski definition) is 2. The van der Waals surface area contributed by atoms with E-state index in [0.717, 1.165) is 13.1 Å². The summed E-state index contributed by atoms with van der Waals surface area (Å²) in [6.07, 6.45) is 3.21. The van der Waals surface area contributed by atoms with Crippen molar-refractivity contribution in [3.8, 4) is 0 Å². The van der Waals surface area contributed by atoms with Gasteiger partial charge in [0.2, 0.25) is 5.91 Å². The molecule has 0 aromatic carbocycles. The topological polar surface area (TPSA) is 41.1 Å². The lowest BCUT2D eigenvalue weighted by atomic mass is 10.1. The molecule has 1 atom stereocenters. The highest BCUT2D eigenvalue weighted by Crippen LogP contribution is 2.36. The third kappa shape index (κ3) is 3.88. The van der Waals surface area contributed by atoms with Crippen LogP contribution in [0, 0.1) is 0 Å². The third-order valence-electron chi connectivity index (χ3n) is 2.61. The van der Waals surface area contributed by atoms with Gasteiger partial charge in [0, 0.05) is 31.3 Å². The molecule has 1 heterocycles. The number of carbonyl (C=O) groups is 1. The van der Waals surface area contributed by atoms with Gasteiger partial charge in [0.15, 0.2) is 0 Å². The Bertz CT molecular complexity index is 191. The van der Waals surface area contributed by atoms with Crippen LogP contribution in [0.15, 0.2) is 0 Å². The number of hydrogen-bond acceptors (Lipinski definition) is 3. The summed E-state index contributed by atoms with van der Waals surface area (Å²) >= 11 is 2.05. The summed E-state index contributed by atoms with van der Waals surface area (Å²) in [5, 5.41) is 5.97. The van der Waals surface area contributed by atoms with Crippen molar-refractivity contribution < 1.29 is 4.79 Å². The van der Waals surface area contributed by atoms with Gasteiger partial charge in [0.25, 0.3) is 0 Å². The summed E-state index contributed by atoms with van der Waals surface area (Å²) < 4.78 is 0.405. The Morgan fingerprint density at radius 1 is 1.57 bits per heavy atom. The van der Waals surface area contributed by atoms with Crippen LogP contribution < -0.4 is 10.6 Å². The summed E-state index contributed by atoms with van der Waals surface area (Å²) in [7, 11) is 1.68. The predicted octanol–water partition coefficient (Wildman–Crippen LogP) is 0.998. The number of nitrogens with one attached hydrogen (secondary N) is 2. The second-order valence-corrected chi connectivity index (χ2v) is 5.68. The van der Waals surface area contributed by atoms with Gasteiger partial charge in [-0.15, -0.1) is 0 Å². The fraction of sp³-hybridized carbons (Fsp3) is 0.900. The number of thioether (sulfide) groups is 1. The van der Waals surface area contributed by atoms with Gasteiger partial charge in [-0.3, -0.25) is 4.79 Å². The van der Waals surface area contributed by atoms with Gasteiger partial charge in [-0.2, -0.15) is 11.8 Å². The highest BCUT2D eigenvalue weighted by Gasteiger charge is 2.28. The van der Waals surface area contributed by atoms with E-state index in [9.17, 15) is 4.79 Å². The monoisotopic (exact) mass is 216 g/mol. The summed E-state index contributed by atoms with van der Waals surface area (Å²) in [5.74, 6) is 1.40. The standard InChI is InChI=1S/C10H20N2OS/c1-10(5-3-7-14-10)8-12-6-4-9(13)11-2/h12H,3-8H2,1-2H3,(H,11,13).